The van der Waals surface area contributed by atoms with E-state index in [0.29, 0.717) is 24.4 Å². The summed E-state index contributed by atoms with van der Waals surface area (Å²) in [7, 11) is 0. The summed E-state index contributed by atoms with van der Waals surface area (Å²) in [6, 6.07) is 15.4. The second-order valence-corrected chi connectivity index (χ2v) is 6.60. The minimum Gasteiger partial charge on any atom is -0.352 e. The molecule has 0 spiro atoms. The molecule has 3 heteroatoms. The van der Waals surface area contributed by atoms with Gasteiger partial charge in [-0.1, -0.05) is 30.9 Å². The van der Waals surface area contributed by atoms with Gasteiger partial charge < -0.3 is 10.1 Å². The average molecular weight is 347 g/mol. The highest BCUT2D eigenvalue weighted by Crippen LogP contribution is 2.13. The molecule has 0 saturated heterocycles. The molecular weight excluding hydrogens is 322 g/mol. The van der Waals surface area contributed by atoms with E-state index in [0.717, 1.165) is 17.5 Å². The Morgan fingerprint density at radius 1 is 0.962 bits per heavy atom. The molecule has 1 atom stereocenters. The summed E-state index contributed by atoms with van der Waals surface area (Å²) >= 11 is 0. The van der Waals surface area contributed by atoms with Crippen molar-refractivity contribution in [3.8, 4) is 11.8 Å². The summed E-state index contributed by atoms with van der Waals surface area (Å²) in [5, 5.41) is 2.77. The van der Waals surface area contributed by atoms with E-state index < -0.39 is 0 Å². The van der Waals surface area contributed by atoms with Crippen LogP contribution in [0.2, 0.25) is 0 Å². The van der Waals surface area contributed by atoms with Crippen LogP contribution in [0.4, 0.5) is 0 Å². The van der Waals surface area contributed by atoms with Crippen LogP contribution in [-0.2, 0) is 11.2 Å². The van der Waals surface area contributed by atoms with E-state index in [1.165, 1.54) is 5.56 Å². The van der Waals surface area contributed by atoms with Crippen LogP contribution in [-0.4, -0.2) is 18.2 Å². The van der Waals surface area contributed by atoms with Crippen LogP contribution in [0, 0.1) is 17.8 Å². The predicted molar refractivity (Wildman–Crippen MR) is 105 cm³/mol. The van der Waals surface area contributed by atoms with Crippen LogP contribution in [0.3, 0.4) is 0 Å². The number of ketones is 1. The fourth-order valence-electron chi connectivity index (χ4n) is 2.80. The number of carbonyl (C=O) groups excluding carboxylic acids is 2. The fraction of sp³-hybridized carbons (Fsp3) is 0.304. The molecule has 0 aromatic heterocycles. The molecule has 26 heavy (non-hydrogen) atoms. The minimum absolute atomic E-state index is 0.0680. The van der Waals surface area contributed by atoms with Gasteiger partial charge in [0.05, 0.1) is 0 Å². The lowest BCUT2D eigenvalue weighted by atomic mass is 9.96. The van der Waals surface area contributed by atoms with Crippen LogP contribution in [0.1, 0.15) is 54.2 Å². The number of Topliss-reactive ketones (excluding diaryl/α,β-unsaturated/α-hetero) is 1. The van der Waals surface area contributed by atoms with Gasteiger partial charge in [-0.25, -0.2) is 0 Å². The van der Waals surface area contributed by atoms with Gasteiger partial charge in [0.1, 0.15) is 5.78 Å². The molecule has 1 amide bonds. The first kappa shape index (κ1) is 19.5. The maximum absolute atomic E-state index is 11.7. The third-order valence-electron chi connectivity index (χ3n) is 4.01. The SMILES string of the molecule is CCNC(=O)c1ccc(C#Cc2ccc(CC(C)CC(C)=O)cc2)cc1. The van der Waals surface area contributed by atoms with Crippen LogP contribution < -0.4 is 5.32 Å². The second kappa shape index (κ2) is 9.58. The molecule has 1 N–H and O–H groups in total. The molecule has 1 unspecified atom stereocenters. The van der Waals surface area contributed by atoms with E-state index in [9.17, 15) is 9.59 Å². The van der Waals surface area contributed by atoms with Crippen molar-refractivity contribution < 1.29 is 9.59 Å². The van der Waals surface area contributed by atoms with Gasteiger partial charge in [-0.05, 0) is 68.1 Å². The Morgan fingerprint density at radius 2 is 1.50 bits per heavy atom. The van der Waals surface area contributed by atoms with Crippen LogP contribution in [0.25, 0.3) is 0 Å². The second-order valence-electron chi connectivity index (χ2n) is 6.60. The number of hydrogen-bond acceptors (Lipinski definition) is 2. The maximum atomic E-state index is 11.7. The molecule has 134 valence electrons. The topological polar surface area (TPSA) is 46.2 Å². The molecule has 0 saturated carbocycles. The summed E-state index contributed by atoms with van der Waals surface area (Å²) in [5.41, 5.74) is 3.68. The molecule has 2 rings (SSSR count). The van der Waals surface area contributed by atoms with E-state index in [1.54, 1.807) is 19.1 Å². The molecule has 3 nitrogen and oxygen atoms in total. The normalized spacial score (nSPS) is 11.2. The van der Waals surface area contributed by atoms with Crippen molar-refractivity contribution in [3.05, 3.63) is 70.8 Å². The lowest BCUT2D eigenvalue weighted by Gasteiger charge is -2.09. The number of rotatable bonds is 6. The lowest BCUT2D eigenvalue weighted by molar-refractivity contribution is -0.117. The quantitative estimate of drug-likeness (QED) is 0.803. The molecule has 0 aliphatic carbocycles. The fourth-order valence-corrected chi connectivity index (χ4v) is 2.80. The van der Waals surface area contributed by atoms with Crippen LogP contribution in [0.5, 0.6) is 0 Å². The molecule has 0 bridgehead atoms. The van der Waals surface area contributed by atoms with E-state index in [4.69, 9.17) is 0 Å². The lowest BCUT2D eigenvalue weighted by Crippen LogP contribution is -2.22. The number of carbonyl (C=O) groups is 2. The van der Waals surface area contributed by atoms with Gasteiger partial charge in [0.25, 0.3) is 5.91 Å². The van der Waals surface area contributed by atoms with Crippen molar-refractivity contribution in [2.45, 2.75) is 33.6 Å². The van der Waals surface area contributed by atoms with Crippen molar-refractivity contribution in [3.63, 3.8) is 0 Å². The molecule has 2 aromatic carbocycles. The molecule has 0 fully saturated rings. The van der Waals surface area contributed by atoms with Crippen molar-refractivity contribution in [1.82, 2.24) is 5.32 Å². The Morgan fingerprint density at radius 3 is 2.00 bits per heavy atom. The van der Waals surface area contributed by atoms with Gasteiger partial charge in [0.15, 0.2) is 0 Å². The Labute approximate surface area is 155 Å². The van der Waals surface area contributed by atoms with E-state index in [-0.39, 0.29) is 11.7 Å². The molecule has 0 aliphatic rings. The first-order chi connectivity index (χ1) is 12.5. The van der Waals surface area contributed by atoms with Crippen molar-refractivity contribution in [1.29, 1.82) is 0 Å². The monoisotopic (exact) mass is 347 g/mol. The van der Waals surface area contributed by atoms with Crippen molar-refractivity contribution in [2.24, 2.45) is 5.92 Å². The smallest absolute Gasteiger partial charge is 0.251 e. The number of amides is 1. The minimum atomic E-state index is -0.0680. The van der Waals surface area contributed by atoms with Crippen molar-refractivity contribution in [2.75, 3.05) is 6.54 Å². The summed E-state index contributed by atoms with van der Waals surface area (Å²) < 4.78 is 0. The molecule has 0 radical (unpaired) electrons. The van der Waals surface area contributed by atoms with Gasteiger partial charge in [0.2, 0.25) is 0 Å². The number of hydrogen-bond donors (Lipinski definition) is 1. The van der Waals surface area contributed by atoms with E-state index >= 15 is 0 Å². The Hall–Kier alpha value is -2.86. The zero-order valence-corrected chi connectivity index (χ0v) is 15.6. The zero-order valence-electron chi connectivity index (χ0n) is 15.6. The van der Waals surface area contributed by atoms with Crippen molar-refractivity contribution >= 4 is 11.7 Å². The van der Waals surface area contributed by atoms with E-state index in [1.807, 2.05) is 31.2 Å². The summed E-state index contributed by atoms with van der Waals surface area (Å²) in [6.45, 7) is 6.24. The van der Waals surface area contributed by atoms with Gasteiger partial charge in [0, 0.05) is 29.7 Å². The number of nitrogens with one attached hydrogen (secondary N) is 1. The summed E-state index contributed by atoms with van der Waals surface area (Å²) in [6.07, 6.45) is 1.52. The zero-order chi connectivity index (χ0) is 18.9. The Bertz CT molecular complexity index is 808. The highest BCUT2D eigenvalue weighted by molar-refractivity contribution is 5.94. The standard InChI is InChI=1S/C23H25NO2/c1-4-24-23(26)22-13-11-20(12-14-22)6-5-19-7-9-21(10-8-19)16-17(2)15-18(3)25/h7-14,17H,4,15-16H2,1-3H3,(H,24,26). The number of benzene rings is 2. The first-order valence-electron chi connectivity index (χ1n) is 8.96. The molecule has 0 aliphatic heterocycles. The molecule has 2 aromatic rings. The van der Waals surface area contributed by atoms with Crippen LogP contribution in [0.15, 0.2) is 48.5 Å². The van der Waals surface area contributed by atoms with Gasteiger partial charge in [-0.15, -0.1) is 0 Å². The highest BCUT2D eigenvalue weighted by atomic mass is 16.1. The van der Waals surface area contributed by atoms with Crippen LogP contribution >= 0.6 is 0 Å². The molecular formula is C23H25NO2. The van der Waals surface area contributed by atoms with Gasteiger partial charge in [-0.2, -0.15) is 0 Å². The largest absolute Gasteiger partial charge is 0.352 e. The summed E-state index contributed by atoms with van der Waals surface area (Å²) in [5.74, 6) is 6.78. The third kappa shape index (κ3) is 6.22. The highest BCUT2D eigenvalue weighted by Gasteiger charge is 2.06. The van der Waals surface area contributed by atoms with Gasteiger partial charge in [-0.3, -0.25) is 4.79 Å². The maximum Gasteiger partial charge on any atom is 0.251 e. The average Bonchev–Trinajstić information content (AvgIpc) is 2.61. The Balaban J connectivity index is 1.99. The third-order valence-corrected chi connectivity index (χ3v) is 4.01. The predicted octanol–water partition coefficient (Wildman–Crippen LogP) is 3.99. The summed E-state index contributed by atoms with van der Waals surface area (Å²) in [4.78, 5) is 22.9. The first-order valence-corrected chi connectivity index (χ1v) is 8.96. The Kier molecular flexibility index (Phi) is 7.17. The molecule has 0 heterocycles. The van der Waals surface area contributed by atoms with Gasteiger partial charge >= 0.3 is 0 Å². The van der Waals surface area contributed by atoms with E-state index in [2.05, 4.69) is 36.2 Å².